The molecule has 0 aliphatic carbocycles. The minimum atomic E-state index is 0.631. The first-order valence-corrected chi connectivity index (χ1v) is 5.90. The number of halogens is 2. The molecule has 1 rings (SSSR count). The first kappa shape index (κ1) is 11.1. The van der Waals surface area contributed by atoms with Gasteiger partial charge in [-0.1, -0.05) is 46.6 Å². The Hall–Kier alpha value is -0.0100. The molecule has 72 valence electrons. The molecule has 0 amide bonds. The number of hydrogen-bond donors (Lipinski definition) is 0. The van der Waals surface area contributed by atoms with Crippen LogP contribution in [0.25, 0.3) is 0 Å². The smallest absolute Gasteiger partial charge is 0.0408 e. The van der Waals surface area contributed by atoms with Crippen LogP contribution in [0.3, 0.4) is 0 Å². The predicted molar refractivity (Wildman–Crippen MR) is 62.8 cm³/mol. The summed E-state index contributed by atoms with van der Waals surface area (Å²) in [6.45, 7) is 2.19. The van der Waals surface area contributed by atoms with E-state index in [1.165, 1.54) is 18.4 Å². The van der Waals surface area contributed by atoms with Gasteiger partial charge in [-0.3, -0.25) is 0 Å². The molecule has 0 N–H and O–H groups in total. The zero-order valence-electron chi connectivity index (χ0n) is 7.76. The van der Waals surface area contributed by atoms with Crippen molar-refractivity contribution in [1.82, 2.24) is 0 Å². The number of alkyl halides is 1. The molecular formula is C11H14BrCl. The SMILES string of the molecule is CCC(Br)CCc1cccc(Cl)c1. The Morgan fingerprint density at radius 1 is 1.46 bits per heavy atom. The lowest BCUT2D eigenvalue weighted by Crippen LogP contribution is -1.97. The summed E-state index contributed by atoms with van der Waals surface area (Å²) in [6, 6.07) is 8.08. The Morgan fingerprint density at radius 2 is 2.23 bits per heavy atom. The molecule has 1 atom stereocenters. The Bertz CT molecular complexity index is 260. The van der Waals surface area contributed by atoms with Crippen molar-refractivity contribution in [3.63, 3.8) is 0 Å². The number of rotatable bonds is 4. The van der Waals surface area contributed by atoms with Gasteiger partial charge in [0, 0.05) is 9.85 Å². The molecule has 2 heteroatoms. The van der Waals surface area contributed by atoms with Gasteiger partial charge in [0.25, 0.3) is 0 Å². The van der Waals surface area contributed by atoms with Gasteiger partial charge in [-0.05, 0) is 37.0 Å². The largest absolute Gasteiger partial charge is 0.0891 e. The standard InChI is InChI=1S/C11H14BrCl/c1-2-10(12)7-6-9-4-3-5-11(13)8-9/h3-5,8,10H,2,6-7H2,1H3. The third-order valence-electron chi connectivity index (χ3n) is 2.08. The van der Waals surface area contributed by atoms with Crippen LogP contribution in [0.1, 0.15) is 25.3 Å². The zero-order chi connectivity index (χ0) is 9.68. The van der Waals surface area contributed by atoms with Gasteiger partial charge in [0.1, 0.15) is 0 Å². The van der Waals surface area contributed by atoms with E-state index >= 15 is 0 Å². The Balaban J connectivity index is 2.45. The Morgan fingerprint density at radius 3 is 2.85 bits per heavy atom. The minimum absolute atomic E-state index is 0.631. The monoisotopic (exact) mass is 260 g/mol. The van der Waals surface area contributed by atoms with Crippen molar-refractivity contribution in [3.8, 4) is 0 Å². The van der Waals surface area contributed by atoms with Crippen LogP contribution < -0.4 is 0 Å². The second kappa shape index (κ2) is 5.66. The first-order chi connectivity index (χ1) is 6.22. The maximum Gasteiger partial charge on any atom is 0.0408 e. The van der Waals surface area contributed by atoms with E-state index in [1.807, 2.05) is 18.2 Å². The Kier molecular flexibility index (Phi) is 4.82. The van der Waals surface area contributed by atoms with Crippen molar-refractivity contribution < 1.29 is 0 Å². The molecular weight excluding hydrogens is 247 g/mol. The number of aryl methyl sites for hydroxylation is 1. The van der Waals surface area contributed by atoms with Gasteiger partial charge in [-0.2, -0.15) is 0 Å². The van der Waals surface area contributed by atoms with Crippen LogP contribution in [0.5, 0.6) is 0 Å². The maximum absolute atomic E-state index is 5.88. The topological polar surface area (TPSA) is 0 Å². The summed E-state index contributed by atoms with van der Waals surface area (Å²) in [7, 11) is 0. The molecule has 0 aliphatic rings. The van der Waals surface area contributed by atoms with Gasteiger partial charge >= 0.3 is 0 Å². The fraction of sp³-hybridized carbons (Fsp3) is 0.455. The number of benzene rings is 1. The minimum Gasteiger partial charge on any atom is -0.0891 e. The molecule has 0 saturated carbocycles. The predicted octanol–water partition coefficient (Wildman–Crippen LogP) is 4.45. The normalized spacial score (nSPS) is 12.8. The molecule has 1 aromatic carbocycles. The highest BCUT2D eigenvalue weighted by atomic mass is 79.9. The van der Waals surface area contributed by atoms with Gasteiger partial charge in [0.05, 0.1) is 0 Å². The summed E-state index contributed by atoms with van der Waals surface area (Å²) in [6.07, 6.45) is 3.46. The lowest BCUT2D eigenvalue weighted by Gasteiger charge is -2.06. The summed E-state index contributed by atoms with van der Waals surface area (Å²) in [5, 5.41) is 0.833. The van der Waals surface area contributed by atoms with E-state index in [-0.39, 0.29) is 0 Å². The van der Waals surface area contributed by atoms with Crippen LogP contribution in [0, 0.1) is 0 Å². The quantitative estimate of drug-likeness (QED) is 0.703. The van der Waals surface area contributed by atoms with Crippen molar-refractivity contribution in [2.75, 3.05) is 0 Å². The van der Waals surface area contributed by atoms with Crippen LogP contribution in [-0.4, -0.2) is 4.83 Å². The molecule has 0 aliphatic heterocycles. The molecule has 0 spiro atoms. The van der Waals surface area contributed by atoms with Crippen molar-refractivity contribution in [2.24, 2.45) is 0 Å². The molecule has 13 heavy (non-hydrogen) atoms. The molecule has 0 heterocycles. The lowest BCUT2D eigenvalue weighted by molar-refractivity contribution is 0.746. The highest BCUT2D eigenvalue weighted by molar-refractivity contribution is 9.09. The summed E-state index contributed by atoms with van der Waals surface area (Å²) < 4.78 is 0. The summed E-state index contributed by atoms with van der Waals surface area (Å²) in [5.74, 6) is 0. The highest BCUT2D eigenvalue weighted by Gasteiger charge is 2.01. The molecule has 1 unspecified atom stereocenters. The lowest BCUT2D eigenvalue weighted by atomic mass is 10.1. The van der Waals surface area contributed by atoms with Gasteiger partial charge < -0.3 is 0 Å². The molecule has 0 radical (unpaired) electrons. The van der Waals surface area contributed by atoms with Gasteiger partial charge in [0.2, 0.25) is 0 Å². The molecule has 1 aromatic rings. The van der Waals surface area contributed by atoms with Crippen molar-refractivity contribution in [2.45, 2.75) is 31.0 Å². The van der Waals surface area contributed by atoms with Crippen LogP contribution in [0.15, 0.2) is 24.3 Å². The summed E-state index contributed by atoms with van der Waals surface area (Å²) >= 11 is 9.50. The molecule has 0 bridgehead atoms. The second-order valence-corrected chi connectivity index (χ2v) is 4.91. The van der Waals surface area contributed by atoms with E-state index in [0.717, 1.165) is 11.4 Å². The first-order valence-electron chi connectivity index (χ1n) is 4.61. The average molecular weight is 262 g/mol. The number of hydrogen-bond acceptors (Lipinski definition) is 0. The molecule has 0 saturated heterocycles. The van der Waals surface area contributed by atoms with E-state index < -0.39 is 0 Å². The van der Waals surface area contributed by atoms with E-state index in [9.17, 15) is 0 Å². The maximum atomic E-state index is 5.88. The van der Waals surface area contributed by atoms with Crippen LogP contribution in [0.2, 0.25) is 5.02 Å². The van der Waals surface area contributed by atoms with Gasteiger partial charge in [-0.15, -0.1) is 0 Å². The third-order valence-corrected chi connectivity index (χ3v) is 3.42. The summed E-state index contributed by atoms with van der Waals surface area (Å²) in [4.78, 5) is 0.631. The van der Waals surface area contributed by atoms with Crippen molar-refractivity contribution >= 4 is 27.5 Å². The van der Waals surface area contributed by atoms with Crippen LogP contribution >= 0.6 is 27.5 Å². The second-order valence-electron chi connectivity index (χ2n) is 3.17. The van der Waals surface area contributed by atoms with E-state index in [1.54, 1.807) is 0 Å². The van der Waals surface area contributed by atoms with Crippen LogP contribution in [-0.2, 0) is 6.42 Å². The fourth-order valence-electron chi connectivity index (χ4n) is 1.22. The fourth-order valence-corrected chi connectivity index (χ4v) is 1.66. The van der Waals surface area contributed by atoms with Crippen molar-refractivity contribution in [3.05, 3.63) is 34.9 Å². The third kappa shape index (κ3) is 4.15. The molecule has 0 aromatic heterocycles. The zero-order valence-corrected chi connectivity index (χ0v) is 10.1. The van der Waals surface area contributed by atoms with E-state index in [2.05, 4.69) is 28.9 Å². The van der Waals surface area contributed by atoms with Crippen molar-refractivity contribution in [1.29, 1.82) is 0 Å². The van der Waals surface area contributed by atoms with Gasteiger partial charge in [-0.25, -0.2) is 0 Å². The molecule has 0 fully saturated rings. The van der Waals surface area contributed by atoms with E-state index in [0.29, 0.717) is 4.83 Å². The average Bonchev–Trinajstić information content (AvgIpc) is 2.14. The highest BCUT2D eigenvalue weighted by Crippen LogP contribution is 2.16. The summed E-state index contributed by atoms with van der Waals surface area (Å²) in [5.41, 5.74) is 1.32. The molecule has 0 nitrogen and oxygen atoms in total. The van der Waals surface area contributed by atoms with Gasteiger partial charge in [0.15, 0.2) is 0 Å². The van der Waals surface area contributed by atoms with Crippen LogP contribution in [0.4, 0.5) is 0 Å². The van der Waals surface area contributed by atoms with E-state index in [4.69, 9.17) is 11.6 Å². The Labute approximate surface area is 93.4 Å².